The normalized spacial score (nSPS) is 15.2. The smallest absolute Gasteiger partial charge is 0.274 e. The molecule has 1 amide bonds. The fraction of sp³-hybridized carbons (Fsp3) is 0.217. The van der Waals surface area contributed by atoms with E-state index in [0.29, 0.717) is 5.69 Å². The number of amides is 1. The van der Waals surface area contributed by atoms with Gasteiger partial charge in [-0.15, -0.1) is 0 Å². The minimum absolute atomic E-state index is 0.00848. The minimum atomic E-state index is 0.00848. The quantitative estimate of drug-likeness (QED) is 0.690. The van der Waals surface area contributed by atoms with Gasteiger partial charge in [-0.25, -0.2) is 4.68 Å². The fourth-order valence-corrected chi connectivity index (χ4v) is 3.36. The van der Waals surface area contributed by atoms with Crippen molar-refractivity contribution >= 4 is 12.0 Å². The standard InChI is InChI=1S/C23H24N4O/c28-23(22-13-15-27(24-22)21-11-5-2-6-12-21)26-18-16-25(17-19-26)14-7-10-20-8-3-1-4-9-20/h1-13,15H,14,16-19H2/b10-7+. The molecule has 0 atom stereocenters. The number of hydrogen-bond acceptors (Lipinski definition) is 3. The second kappa shape index (κ2) is 8.67. The molecule has 5 heteroatoms. The molecule has 5 nitrogen and oxygen atoms in total. The molecule has 3 aromatic rings. The van der Waals surface area contributed by atoms with Gasteiger partial charge in [0.05, 0.1) is 5.69 Å². The van der Waals surface area contributed by atoms with Crippen LogP contribution in [-0.2, 0) is 0 Å². The number of nitrogens with zero attached hydrogens (tertiary/aromatic N) is 4. The Bertz CT molecular complexity index is 926. The summed E-state index contributed by atoms with van der Waals surface area (Å²) in [6.45, 7) is 4.13. The number of para-hydroxylation sites is 1. The summed E-state index contributed by atoms with van der Waals surface area (Å²) in [5.41, 5.74) is 2.67. The van der Waals surface area contributed by atoms with Crippen molar-refractivity contribution in [1.82, 2.24) is 19.6 Å². The molecule has 1 aliphatic heterocycles. The summed E-state index contributed by atoms with van der Waals surface area (Å²) in [4.78, 5) is 17.0. The van der Waals surface area contributed by atoms with Crippen LogP contribution in [0.3, 0.4) is 0 Å². The van der Waals surface area contributed by atoms with Gasteiger partial charge in [-0.2, -0.15) is 5.10 Å². The molecule has 0 bridgehead atoms. The highest BCUT2D eigenvalue weighted by molar-refractivity contribution is 5.92. The van der Waals surface area contributed by atoms with Crippen molar-refractivity contribution in [3.8, 4) is 5.69 Å². The Hall–Kier alpha value is -3.18. The van der Waals surface area contributed by atoms with Crippen LogP contribution in [0, 0.1) is 0 Å². The molecular weight excluding hydrogens is 348 g/mol. The zero-order chi connectivity index (χ0) is 19.2. The number of hydrogen-bond donors (Lipinski definition) is 0. The first-order valence-electron chi connectivity index (χ1n) is 9.64. The van der Waals surface area contributed by atoms with Crippen LogP contribution >= 0.6 is 0 Å². The van der Waals surface area contributed by atoms with Gasteiger partial charge in [-0.3, -0.25) is 9.69 Å². The van der Waals surface area contributed by atoms with Crippen molar-refractivity contribution in [1.29, 1.82) is 0 Å². The molecule has 1 aliphatic rings. The van der Waals surface area contributed by atoms with Gasteiger partial charge >= 0.3 is 0 Å². The van der Waals surface area contributed by atoms with Gasteiger partial charge in [0.1, 0.15) is 0 Å². The highest BCUT2D eigenvalue weighted by atomic mass is 16.2. The second-order valence-corrected chi connectivity index (χ2v) is 6.89. The molecule has 1 aromatic heterocycles. The maximum atomic E-state index is 12.8. The van der Waals surface area contributed by atoms with Crippen molar-refractivity contribution in [2.24, 2.45) is 0 Å². The maximum Gasteiger partial charge on any atom is 0.274 e. The van der Waals surface area contributed by atoms with Gasteiger partial charge in [0, 0.05) is 38.9 Å². The third-order valence-corrected chi connectivity index (χ3v) is 4.96. The molecule has 142 valence electrons. The van der Waals surface area contributed by atoms with E-state index in [1.807, 2.05) is 59.6 Å². The predicted molar refractivity (Wildman–Crippen MR) is 111 cm³/mol. The molecule has 2 aromatic carbocycles. The third kappa shape index (κ3) is 4.38. The van der Waals surface area contributed by atoms with Crippen LogP contribution in [0.2, 0.25) is 0 Å². The van der Waals surface area contributed by atoms with E-state index < -0.39 is 0 Å². The molecule has 2 heterocycles. The topological polar surface area (TPSA) is 41.4 Å². The summed E-state index contributed by atoms with van der Waals surface area (Å²) in [6.07, 6.45) is 6.18. The first kappa shape index (κ1) is 18.2. The summed E-state index contributed by atoms with van der Waals surface area (Å²) in [5.74, 6) is 0.00848. The lowest BCUT2D eigenvalue weighted by atomic mass is 10.2. The molecule has 0 saturated carbocycles. The highest BCUT2D eigenvalue weighted by Crippen LogP contribution is 2.11. The Morgan fingerprint density at radius 3 is 2.29 bits per heavy atom. The lowest BCUT2D eigenvalue weighted by molar-refractivity contribution is 0.0644. The Labute approximate surface area is 165 Å². The van der Waals surface area contributed by atoms with Gasteiger partial charge in [0.15, 0.2) is 5.69 Å². The van der Waals surface area contributed by atoms with Crippen molar-refractivity contribution in [2.45, 2.75) is 0 Å². The maximum absolute atomic E-state index is 12.8. The van der Waals surface area contributed by atoms with Gasteiger partial charge in [-0.1, -0.05) is 60.7 Å². The first-order valence-corrected chi connectivity index (χ1v) is 9.64. The lowest BCUT2D eigenvalue weighted by Crippen LogP contribution is -2.48. The molecule has 1 saturated heterocycles. The number of carbonyl (C=O) groups is 1. The highest BCUT2D eigenvalue weighted by Gasteiger charge is 2.23. The van der Waals surface area contributed by atoms with E-state index >= 15 is 0 Å². The Balaban J connectivity index is 1.29. The van der Waals surface area contributed by atoms with E-state index in [0.717, 1.165) is 38.4 Å². The van der Waals surface area contributed by atoms with Gasteiger partial charge in [0.25, 0.3) is 5.91 Å². The van der Waals surface area contributed by atoms with Crippen LogP contribution in [0.15, 0.2) is 79.0 Å². The van der Waals surface area contributed by atoms with E-state index in [1.54, 1.807) is 10.7 Å². The monoisotopic (exact) mass is 372 g/mol. The number of piperazine rings is 1. The van der Waals surface area contributed by atoms with Gasteiger partial charge < -0.3 is 4.90 Å². The van der Waals surface area contributed by atoms with Crippen molar-refractivity contribution in [3.05, 3.63) is 90.3 Å². The molecule has 0 radical (unpaired) electrons. The SMILES string of the molecule is O=C(c1ccn(-c2ccccc2)n1)N1CCN(C/C=C/c2ccccc2)CC1. The number of aromatic nitrogens is 2. The Kier molecular flexibility index (Phi) is 5.64. The summed E-state index contributed by atoms with van der Waals surface area (Å²) in [7, 11) is 0. The summed E-state index contributed by atoms with van der Waals surface area (Å²) in [5, 5.41) is 4.46. The van der Waals surface area contributed by atoms with Crippen molar-refractivity contribution in [2.75, 3.05) is 32.7 Å². The molecular formula is C23H24N4O. The Morgan fingerprint density at radius 1 is 0.893 bits per heavy atom. The zero-order valence-electron chi connectivity index (χ0n) is 15.8. The largest absolute Gasteiger partial charge is 0.335 e. The minimum Gasteiger partial charge on any atom is -0.335 e. The average molecular weight is 372 g/mol. The average Bonchev–Trinajstić information content (AvgIpc) is 3.25. The van der Waals surface area contributed by atoms with E-state index in [9.17, 15) is 4.79 Å². The molecule has 0 aliphatic carbocycles. The van der Waals surface area contributed by atoms with Crippen LogP contribution in [0.4, 0.5) is 0 Å². The number of rotatable bonds is 5. The van der Waals surface area contributed by atoms with E-state index in [-0.39, 0.29) is 5.91 Å². The number of benzene rings is 2. The van der Waals surface area contributed by atoms with Crippen molar-refractivity contribution < 1.29 is 4.79 Å². The predicted octanol–water partition coefficient (Wildman–Crippen LogP) is 3.34. The molecule has 0 unspecified atom stereocenters. The Morgan fingerprint density at radius 2 is 1.57 bits per heavy atom. The van der Waals surface area contributed by atoms with Crippen LogP contribution in [-0.4, -0.2) is 58.2 Å². The summed E-state index contributed by atoms with van der Waals surface area (Å²) >= 11 is 0. The number of carbonyl (C=O) groups excluding carboxylic acids is 1. The molecule has 0 spiro atoms. The van der Waals surface area contributed by atoms with E-state index in [2.05, 4.69) is 34.3 Å². The lowest BCUT2D eigenvalue weighted by Gasteiger charge is -2.33. The van der Waals surface area contributed by atoms with Gasteiger partial charge in [0.2, 0.25) is 0 Å². The first-order chi connectivity index (χ1) is 13.8. The molecule has 1 fully saturated rings. The fourth-order valence-electron chi connectivity index (χ4n) is 3.36. The van der Waals surface area contributed by atoms with Crippen molar-refractivity contribution in [3.63, 3.8) is 0 Å². The molecule has 4 rings (SSSR count). The third-order valence-electron chi connectivity index (χ3n) is 4.96. The van der Waals surface area contributed by atoms with Crippen LogP contribution in [0.25, 0.3) is 11.8 Å². The second-order valence-electron chi connectivity index (χ2n) is 6.89. The van der Waals surface area contributed by atoms with Crippen LogP contribution in [0.5, 0.6) is 0 Å². The van der Waals surface area contributed by atoms with Crippen LogP contribution < -0.4 is 0 Å². The summed E-state index contributed by atoms with van der Waals surface area (Å²) in [6, 6.07) is 21.9. The van der Waals surface area contributed by atoms with Gasteiger partial charge in [-0.05, 0) is 23.8 Å². The zero-order valence-corrected chi connectivity index (χ0v) is 15.8. The van der Waals surface area contributed by atoms with E-state index in [1.165, 1.54) is 5.56 Å². The summed E-state index contributed by atoms with van der Waals surface area (Å²) < 4.78 is 1.75. The molecule has 0 N–H and O–H groups in total. The van der Waals surface area contributed by atoms with Crippen LogP contribution in [0.1, 0.15) is 16.1 Å². The molecule has 28 heavy (non-hydrogen) atoms. The van der Waals surface area contributed by atoms with E-state index in [4.69, 9.17) is 0 Å².